The van der Waals surface area contributed by atoms with Gasteiger partial charge < -0.3 is 23.7 Å². The summed E-state index contributed by atoms with van der Waals surface area (Å²) in [6, 6.07) is 8.72. The van der Waals surface area contributed by atoms with E-state index in [-0.39, 0.29) is 34.8 Å². The summed E-state index contributed by atoms with van der Waals surface area (Å²) in [5, 5.41) is 11.6. The van der Waals surface area contributed by atoms with Gasteiger partial charge in [0.05, 0.1) is 48.2 Å². The van der Waals surface area contributed by atoms with Gasteiger partial charge in [-0.15, -0.1) is 0 Å². The highest BCUT2D eigenvalue weighted by molar-refractivity contribution is 7.07. The number of hydrogen-bond donors (Lipinski definition) is 0. The lowest BCUT2D eigenvalue weighted by Crippen LogP contribution is -2.40. The maximum absolute atomic E-state index is 14.0. The lowest BCUT2D eigenvalue weighted by Gasteiger charge is -2.27. The molecule has 0 spiro atoms. The predicted octanol–water partition coefficient (Wildman–Crippen LogP) is 3.14. The Bertz CT molecular complexity index is 1710. The highest BCUT2D eigenvalue weighted by Gasteiger charge is 2.36. The summed E-state index contributed by atoms with van der Waals surface area (Å²) < 4.78 is 28.9. The van der Waals surface area contributed by atoms with Gasteiger partial charge in [-0.1, -0.05) is 36.5 Å². The normalized spacial score (nSPS) is 14.7. The van der Waals surface area contributed by atoms with E-state index < -0.39 is 22.5 Å². The second-order valence-corrected chi connectivity index (χ2v) is 10.1. The topological polar surface area (TPSA) is 141 Å². The van der Waals surface area contributed by atoms with Crippen molar-refractivity contribution in [3.05, 3.63) is 88.6 Å². The molecule has 0 fully saturated rings. The Hall–Kier alpha value is -4.49. The molecule has 222 valence electrons. The summed E-state index contributed by atoms with van der Waals surface area (Å²) in [5.74, 6) is 0.283. The quantitative estimate of drug-likeness (QED) is 0.133. The average molecular weight is 598 g/mol. The molecular formula is C29H31N3O9S. The van der Waals surface area contributed by atoms with Crippen LogP contribution in [0.1, 0.15) is 37.4 Å². The van der Waals surface area contributed by atoms with Crippen LogP contribution in [0.25, 0.3) is 6.08 Å². The maximum Gasteiger partial charge on any atom is 0.338 e. The molecule has 1 aromatic heterocycles. The van der Waals surface area contributed by atoms with E-state index in [9.17, 15) is 19.7 Å². The number of para-hydroxylation sites is 1. The van der Waals surface area contributed by atoms with Crippen molar-refractivity contribution in [3.63, 3.8) is 0 Å². The molecule has 0 bridgehead atoms. The summed E-state index contributed by atoms with van der Waals surface area (Å²) in [6.45, 7) is 4.22. The minimum atomic E-state index is -0.953. The molecule has 0 saturated heterocycles. The molecule has 0 amide bonds. The van der Waals surface area contributed by atoms with E-state index in [0.717, 1.165) is 17.8 Å². The molecule has 0 saturated carbocycles. The first-order chi connectivity index (χ1) is 20.2. The summed E-state index contributed by atoms with van der Waals surface area (Å²) in [5.41, 5.74) is 0.805. The van der Waals surface area contributed by atoms with Crippen LogP contribution in [0.2, 0.25) is 0 Å². The van der Waals surface area contributed by atoms with Crippen molar-refractivity contribution < 1.29 is 33.4 Å². The van der Waals surface area contributed by atoms with Gasteiger partial charge in [0.2, 0.25) is 0 Å². The number of rotatable bonds is 12. The number of nitro benzene ring substituents is 1. The summed E-state index contributed by atoms with van der Waals surface area (Å²) in [6.07, 6.45) is 2.26. The van der Waals surface area contributed by atoms with Gasteiger partial charge in [-0.3, -0.25) is 19.5 Å². The van der Waals surface area contributed by atoms with Crippen LogP contribution in [0, 0.1) is 10.1 Å². The van der Waals surface area contributed by atoms with Crippen LogP contribution in [0.5, 0.6) is 17.2 Å². The van der Waals surface area contributed by atoms with Crippen LogP contribution in [-0.4, -0.2) is 56.6 Å². The van der Waals surface area contributed by atoms with Crippen molar-refractivity contribution in [1.82, 2.24) is 4.57 Å². The van der Waals surface area contributed by atoms with Gasteiger partial charge in [0.15, 0.2) is 22.0 Å². The highest BCUT2D eigenvalue weighted by Crippen LogP contribution is 2.41. The zero-order chi connectivity index (χ0) is 30.4. The standard InChI is InChI=1S/C29H31N3O9S/c1-6-12-40-26-19(8-7-9-22(26)39-5)25-24(28(34)41-14-13-37-3)17(2)30-29-31(25)27(33)23(42-29)16-18-10-11-21(38-4)20(15-18)32(35)36/h7-11,15-16,25H,6,12-14H2,1-5H3/b23-16+/t25-/m1/s1. The Balaban J connectivity index is 1.96. The number of ether oxygens (including phenoxy) is 5. The van der Waals surface area contributed by atoms with Gasteiger partial charge in [-0.2, -0.15) is 0 Å². The Labute approximate surface area is 245 Å². The van der Waals surface area contributed by atoms with Crippen molar-refractivity contribution >= 4 is 29.1 Å². The molecule has 2 heterocycles. The first-order valence-corrected chi connectivity index (χ1v) is 13.9. The smallest absolute Gasteiger partial charge is 0.338 e. The van der Waals surface area contributed by atoms with Gasteiger partial charge in [0.1, 0.15) is 12.6 Å². The van der Waals surface area contributed by atoms with Gasteiger partial charge in [-0.05, 0) is 37.1 Å². The fourth-order valence-electron chi connectivity index (χ4n) is 4.53. The summed E-state index contributed by atoms with van der Waals surface area (Å²) in [7, 11) is 4.35. The van der Waals surface area contributed by atoms with Crippen molar-refractivity contribution in [2.45, 2.75) is 26.3 Å². The van der Waals surface area contributed by atoms with Crippen molar-refractivity contribution in [2.75, 3.05) is 41.2 Å². The predicted molar refractivity (Wildman–Crippen MR) is 155 cm³/mol. The van der Waals surface area contributed by atoms with Gasteiger partial charge in [0, 0.05) is 18.7 Å². The molecule has 0 radical (unpaired) electrons. The third-order valence-electron chi connectivity index (χ3n) is 6.43. The Morgan fingerprint density at radius 1 is 1.12 bits per heavy atom. The van der Waals surface area contributed by atoms with Crippen LogP contribution in [0.3, 0.4) is 0 Å². The second kappa shape index (κ2) is 13.4. The van der Waals surface area contributed by atoms with Gasteiger partial charge in [-0.25, -0.2) is 9.79 Å². The van der Waals surface area contributed by atoms with Crippen molar-refractivity contribution in [2.24, 2.45) is 4.99 Å². The van der Waals surface area contributed by atoms with E-state index in [2.05, 4.69) is 4.99 Å². The molecule has 4 rings (SSSR count). The third kappa shape index (κ3) is 6.06. The molecular weight excluding hydrogens is 566 g/mol. The number of nitro groups is 1. The summed E-state index contributed by atoms with van der Waals surface area (Å²) in [4.78, 5) is 43.4. The number of thiazole rings is 1. The van der Waals surface area contributed by atoms with Crippen LogP contribution in [-0.2, 0) is 14.3 Å². The molecule has 0 unspecified atom stereocenters. The Kier molecular flexibility index (Phi) is 9.76. The van der Waals surface area contributed by atoms with E-state index >= 15 is 0 Å². The highest BCUT2D eigenvalue weighted by atomic mass is 32.1. The molecule has 0 aliphatic carbocycles. The van der Waals surface area contributed by atoms with E-state index in [0.29, 0.717) is 39.7 Å². The van der Waals surface area contributed by atoms with E-state index in [1.54, 1.807) is 37.3 Å². The van der Waals surface area contributed by atoms with Crippen LogP contribution in [0.4, 0.5) is 5.69 Å². The largest absolute Gasteiger partial charge is 0.493 e. The lowest BCUT2D eigenvalue weighted by molar-refractivity contribution is -0.385. The SMILES string of the molecule is CCCOc1c(OC)cccc1[C@@H]1C(C(=O)OCCOC)=C(C)N=c2s/c(=C/c3ccc(OC)c([N+](=O)[O-])c3)c(=O)n21. The van der Waals surface area contributed by atoms with E-state index in [4.69, 9.17) is 23.7 Å². The first-order valence-electron chi connectivity index (χ1n) is 13.1. The molecule has 12 nitrogen and oxygen atoms in total. The van der Waals surface area contributed by atoms with E-state index in [1.165, 1.54) is 38.0 Å². The monoisotopic (exact) mass is 597 g/mol. The first kappa shape index (κ1) is 30.5. The zero-order valence-electron chi connectivity index (χ0n) is 23.9. The zero-order valence-corrected chi connectivity index (χ0v) is 24.7. The molecule has 0 N–H and O–H groups in total. The number of benzene rings is 2. The number of carbonyl (C=O) groups excluding carboxylic acids is 1. The third-order valence-corrected chi connectivity index (χ3v) is 7.42. The number of aromatic nitrogens is 1. The van der Waals surface area contributed by atoms with E-state index in [1.807, 2.05) is 6.92 Å². The lowest BCUT2D eigenvalue weighted by atomic mass is 9.94. The second-order valence-electron chi connectivity index (χ2n) is 9.13. The number of methoxy groups -OCH3 is 3. The molecule has 42 heavy (non-hydrogen) atoms. The minimum absolute atomic E-state index is 0.0107. The molecule has 3 aromatic rings. The molecule has 1 aliphatic heterocycles. The van der Waals surface area contributed by atoms with Crippen molar-refractivity contribution in [3.8, 4) is 17.2 Å². The van der Waals surface area contributed by atoms with Crippen LogP contribution >= 0.6 is 11.3 Å². The molecule has 13 heteroatoms. The Morgan fingerprint density at radius 3 is 2.55 bits per heavy atom. The summed E-state index contributed by atoms with van der Waals surface area (Å²) >= 11 is 1.10. The number of allylic oxidation sites excluding steroid dienone is 1. The molecule has 1 atom stereocenters. The van der Waals surface area contributed by atoms with Crippen LogP contribution in [0.15, 0.2) is 57.5 Å². The number of esters is 1. The maximum atomic E-state index is 14.0. The van der Waals surface area contributed by atoms with Crippen molar-refractivity contribution in [1.29, 1.82) is 0 Å². The number of carbonyl (C=O) groups is 1. The average Bonchev–Trinajstić information content (AvgIpc) is 3.28. The van der Waals surface area contributed by atoms with Crippen LogP contribution < -0.4 is 29.1 Å². The number of nitrogens with zero attached hydrogens (tertiary/aromatic N) is 3. The number of fused-ring (bicyclic) bond motifs is 1. The van der Waals surface area contributed by atoms with Gasteiger partial charge >= 0.3 is 11.7 Å². The minimum Gasteiger partial charge on any atom is -0.493 e. The molecule has 1 aliphatic rings. The molecule has 2 aromatic carbocycles. The fraction of sp³-hybridized carbons (Fsp3) is 0.345. The fourth-order valence-corrected chi connectivity index (χ4v) is 5.58. The Morgan fingerprint density at radius 2 is 1.88 bits per heavy atom. The number of hydrogen-bond acceptors (Lipinski definition) is 11. The van der Waals surface area contributed by atoms with Gasteiger partial charge in [0.25, 0.3) is 5.56 Å².